The van der Waals surface area contributed by atoms with Gasteiger partial charge >= 0.3 is 11.9 Å². The fourth-order valence-corrected chi connectivity index (χ4v) is 1.80. The molecule has 0 amide bonds. The van der Waals surface area contributed by atoms with Crippen molar-refractivity contribution in [1.29, 1.82) is 0 Å². The molecule has 0 aromatic heterocycles. The molecule has 1 aromatic carbocycles. The highest BCUT2D eigenvalue weighted by atomic mass is 16.6. The van der Waals surface area contributed by atoms with Gasteiger partial charge < -0.3 is 19.7 Å². The number of phenols is 2. The van der Waals surface area contributed by atoms with Gasteiger partial charge in [0.15, 0.2) is 11.5 Å². The number of ether oxygens (including phenoxy) is 2. The van der Waals surface area contributed by atoms with Crippen molar-refractivity contribution in [1.82, 2.24) is 0 Å². The van der Waals surface area contributed by atoms with E-state index in [1.807, 2.05) is 13.8 Å². The molecule has 1 aromatic rings. The van der Waals surface area contributed by atoms with Gasteiger partial charge in [-0.15, -0.1) is 0 Å². The minimum atomic E-state index is -0.812. The summed E-state index contributed by atoms with van der Waals surface area (Å²) in [4.78, 5) is 24.3. The van der Waals surface area contributed by atoms with Crippen LogP contribution < -0.4 is 0 Å². The molecular weight excluding hydrogens is 312 g/mol. The molecular formula is C18H24O6. The van der Waals surface area contributed by atoms with E-state index in [9.17, 15) is 19.8 Å². The van der Waals surface area contributed by atoms with E-state index in [4.69, 9.17) is 9.47 Å². The average Bonchev–Trinajstić information content (AvgIpc) is 2.56. The van der Waals surface area contributed by atoms with Crippen LogP contribution in [0.4, 0.5) is 0 Å². The SMILES string of the molecule is CCCCOC(=O)C(=Cc1cccc(O)c1O)C(=O)OCCCC. The molecule has 0 atom stereocenters. The fourth-order valence-electron chi connectivity index (χ4n) is 1.80. The topological polar surface area (TPSA) is 93.1 Å². The zero-order valence-electron chi connectivity index (χ0n) is 14.1. The van der Waals surface area contributed by atoms with Gasteiger partial charge in [-0.1, -0.05) is 38.8 Å². The van der Waals surface area contributed by atoms with Crippen molar-refractivity contribution in [3.63, 3.8) is 0 Å². The van der Waals surface area contributed by atoms with Gasteiger partial charge in [-0.2, -0.15) is 0 Å². The van der Waals surface area contributed by atoms with Crippen LogP contribution in [0.1, 0.15) is 45.1 Å². The maximum Gasteiger partial charge on any atom is 0.345 e. The van der Waals surface area contributed by atoms with E-state index < -0.39 is 17.7 Å². The zero-order chi connectivity index (χ0) is 17.9. The van der Waals surface area contributed by atoms with Crippen LogP contribution in [0.15, 0.2) is 23.8 Å². The van der Waals surface area contributed by atoms with Gasteiger partial charge in [-0.05, 0) is 25.0 Å². The van der Waals surface area contributed by atoms with Crippen molar-refractivity contribution in [3.8, 4) is 11.5 Å². The van der Waals surface area contributed by atoms with Gasteiger partial charge in [0.05, 0.1) is 13.2 Å². The second-order valence-electron chi connectivity index (χ2n) is 5.25. The molecule has 6 nitrogen and oxygen atoms in total. The molecule has 0 spiro atoms. The number of phenolic OH excluding ortho intramolecular Hbond substituents is 2. The number of aromatic hydroxyl groups is 2. The largest absolute Gasteiger partial charge is 0.504 e. The second kappa shape index (κ2) is 10.3. The molecule has 0 saturated carbocycles. The van der Waals surface area contributed by atoms with E-state index >= 15 is 0 Å². The minimum absolute atomic E-state index is 0.130. The molecule has 2 N–H and O–H groups in total. The minimum Gasteiger partial charge on any atom is -0.504 e. The summed E-state index contributed by atoms with van der Waals surface area (Å²) in [5.41, 5.74) is -0.187. The third kappa shape index (κ3) is 5.95. The number of carbonyl (C=O) groups is 2. The van der Waals surface area contributed by atoms with E-state index in [-0.39, 0.29) is 30.1 Å². The maximum atomic E-state index is 12.2. The van der Waals surface area contributed by atoms with Gasteiger partial charge in [-0.25, -0.2) is 9.59 Å². The van der Waals surface area contributed by atoms with E-state index in [0.717, 1.165) is 18.9 Å². The number of benzene rings is 1. The van der Waals surface area contributed by atoms with Crippen molar-refractivity contribution in [2.45, 2.75) is 39.5 Å². The Morgan fingerprint density at radius 2 is 1.54 bits per heavy atom. The predicted octanol–water partition coefficient (Wildman–Crippen LogP) is 3.17. The Morgan fingerprint density at radius 1 is 1.00 bits per heavy atom. The summed E-state index contributed by atoms with van der Waals surface area (Å²) in [5, 5.41) is 19.4. The van der Waals surface area contributed by atoms with Crippen molar-refractivity contribution in [2.24, 2.45) is 0 Å². The first-order chi connectivity index (χ1) is 11.5. The number of para-hydroxylation sites is 1. The number of hydrogen-bond acceptors (Lipinski definition) is 6. The lowest BCUT2D eigenvalue weighted by Crippen LogP contribution is -2.19. The molecule has 0 aliphatic rings. The first-order valence-electron chi connectivity index (χ1n) is 8.08. The average molecular weight is 336 g/mol. The molecule has 1 rings (SSSR count). The van der Waals surface area contributed by atoms with E-state index in [0.29, 0.717) is 12.8 Å². The number of unbranched alkanes of at least 4 members (excludes halogenated alkanes) is 2. The maximum absolute atomic E-state index is 12.2. The monoisotopic (exact) mass is 336 g/mol. The van der Waals surface area contributed by atoms with Crippen molar-refractivity contribution in [2.75, 3.05) is 13.2 Å². The first kappa shape index (κ1) is 19.5. The molecule has 0 unspecified atom stereocenters. The second-order valence-corrected chi connectivity index (χ2v) is 5.25. The smallest absolute Gasteiger partial charge is 0.345 e. The Bertz CT molecular complexity index is 567. The number of rotatable bonds is 9. The van der Waals surface area contributed by atoms with Crippen LogP contribution in [0.5, 0.6) is 11.5 Å². The van der Waals surface area contributed by atoms with Gasteiger partial charge in [0.2, 0.25) is 0 Å². The van der Waals surface area contributed by atoms with Crippen LogP contribution in [-0.2, 0) is 19.1 Å². The van der Waals surface area contributed by atoms with E-state index in [1.54, 1.807) is 0 Å². The van der Waals surface area contributed by atoms with Crippen molar-refractivity contribution >= 4 is 18.0 Å². The Morgan fingerprint density at radius 3 is 2.04 bits per heavy atom. The van der Waals surface area contributed by atoms with Gasteiger partial charge in [-0.3, -0.25) is 0 Å². The lowest BCUT2D eigenvalue weighted by atomic mass is 10.1. The van der Waals surface area contributed by atoms with Crippen LogP contribution in [-0.4, -0.2) is 35.4 Å². The summed E-state index contributed by atoms with van der Waals surface area (Å²) in [7, 11) is 0. The summed E-state index contributed by atoms with van der Waals surface area (Å²) in [6, 6.07) is 4.25. The standard InChI is InChI=1S/C18H24O6/c1-3-5-10-23-17(21)14(18(22)24-11-6-4-2)12-13-8-7-9-15(19)16(13)20/h7-9,12,19-20H,3-6,10-11H2,1-2H3. The fraction of sp³-hybridized carbons (Fsp3) is 0.444. The number of hydrogen-bond donors (Lipinski definition) is 2. The highest BCUT2D eigenvalue weighted by Gasteiger charge is 2.22. The molecule has 0 fully saturated rings. The summed E-state index contributed by atoms with van der Waals surface area (Å²) in [6.07, 6.45) is 4.22. The Kier molecular flexibility index (Phi) is 8.39. The van der Waals surface area contributed by atoms with Crippen molar-refractivity contribution in [3.05, 3.63) is 29.3 Å². The molecule has 0 heterocycles. The van der Waals surface area contributed by atoms with Crippen LogP contribution in [0, 0.1) is 0 Å². The number of esters is 2. The van der Waals surface area contributed by atoms with Crippen LogP contribution >= 0.6 is 0 Å². The molecule has 0 bridgehead atoms. The summed E-state index contributed by atoms with van der Waals surface area (Å²) in [5.74, 6) is -2.39. The summed E-state index contributed by atoms with van der Waals surface area (Å²) < 4.78 is 10.1. The van der Waals surface area contributed by atoms with Crippen LogP contribution in [0.25, 0.3) is 6.08 Å². The molecule has 6 heteroatoms. The van der Waals surface area contributed by atoms with Gasteiger partial charge in [0.1, 0.15) is 5.57 Å². The third-order valence-corrected chi connectivity index (χ3v) is 3.25. The highest BCUT2D eigenvalue weighted by Crippen LogP contribution is 2.30. The van der Waals surface area contributed by atoms with E-state index in [1.165, 1.54) is 18.2 Å². The normalized spacial score (nSPS) is 10.1. The van der Waals surface area contributed by atoms with Gasteiger partial charge in [0.25, 0.3) is 0 Å². The third-order valence-electron chi connectivity index (χ3n) is 3.25. The molecule has 0 saturated heterocycles. The molecule has 0 aliphatic carbocycles. The Hall–Kier alpha value is -2.50. The molecule has 0 radical (unpaired) electrons. The molecule has 0 aliphatic heterocycles. The Balaban J connectivity index is 3.02. The van der Waals surface area contributed by atoms with Crippen LogP contribution in [0.3, 0.4) is 0 Å². The quantitative estimate of drug-likeness (QED) is 0.180. The first-order valence-corrected chi connectivity index (χ1v) is 8.08. The van der Waals surface area contributed by atoms with Gasteiger partial charge in [0, 0.05) is 5.56 Å². The number of carbonyl (C=O) groups excluding carboxylic acids is 2. The summed E-state index contributed by atoms with van der Waals surface area (Å²) >= 11 is 0. The lowest BCUT2D eigenvalue weighted by Gasteiger charge is -2.09. The Labute approximate surface area is 141 Å². The lowest BCUT2D eigenvalue weighted by molar-refractivity contribution is -0.147. The zero-order valence-corrected chi connectivity index (χ0v) is 14.1. The van der Waals surface area contributed by atoms with Crippen molar-refractivity contribution < 1.29 is 29.3 Å². The van der Waals surface area contributed by atoms with Crippen LogP contribution in [0.2, 0.25) is 0 Å². The summed E-state index contributed by atoms with van der Waals surface area (Å²) in [6.45, 7) is 4.30. The molecule has 24 heavy (non-hydrogen) atoms. The highest BCUT2D eigenvalue weighted by molar-refractivity contribution is 6.17. The molecule has 132 valence electrons. The van der Waals surface area contributed by atoms with E-state index in [2.05, 4.69) is 0 Å². The predicted molar refractivity (Wildman–Crippen MR) is 89.5 cm³/mol.